The number of benzene rings is 2. The summed E-state index contributed by atoms with van der Waals surface area (Å²) >= 11 is 3.53. The third-order valence-corrected chi connectivity index (χ3v) is 8.00. The molecule has 2 atom stereocenters. The van der Waals surface area contributed by atoms with E-state index in [2.05, 4.69) is 28.2 Å². The molecular weight excluding hydrogens is 544 g/mol. The molecule has 2 aromatic carbocycles. The van der Waals surface area contributed by atoms with Crippen LogP contribution in [0.2, 0.25) is 0 Å². The second-order valence-electron chi connectivity index (χ2n) is 10.4. The molecule has 2 unspecified atom stereocenters. The maximum absolute atomic E-state index is 13.9. The summed E-state index contributed by atoms with van der Waals surface area (Å²) in [6.45, 7) is 6.27. The zero-order valence-corrected chi connectivity index (χ0v) is 24.4. The predicted molar refractivity (Wildman–Crippen MR) is 156 cm³/mol. The van der Waals surface area contributed by atoms with Gasteiger partial charge in [-0.3, -0.25) is 9.69 Å². The highest BCUT2D eigenvalue weighted by molar-refractivity contribution is 9.10. The lowest BCUT2D eigenvalue weighted by molar-refractivity contribution is -0.133. The number of carbonyl (C=O) groups is 2. The number of halogens is 1. The first-order chi connectivity index (χ1) is 18.3. The highest BCUT2D eigenvalue weighted by Crippen LogP contribution is 2.35. The first-order valence-electron chi connectivity index (χ1n) is 13.8. The molecule has 2 amide bonds. The average Bonchev–Trinajstić information content (AvgIpc) is 3.21. The van der Waals surface area contributed by atoms with Gasteiger partial charge in [0.1, 0.15) is 11.1 Å². The van der Waals surface area contributed by atoms with Gasteiger partial charge in [0.2, 0.25) is 5.91 Å². The van der Waals surface area contributed by atoms with Crippen LogP contribution in [0.15, 0.2) is 63.7 Å². The van der Waals surface area contributed by atoms with Crippen molar-refractivity contribution in [2.45, 2.75) is 90.1 Å². The Kier molecular flexibility index (Phi) is 11.3. The topological polar surface area (TPSA) is 82.8 Å². The molecule has 1 aromatic heterocycles. The second-order valence-corrected chi connectivity index (χ2v) is 11.1. The van der Waals surface area contributed by atoms with Crippen molar-refractivity contribution >= 4 is 38.9 Å². The van der Waals surface area contributed by atoms with E-state index in [-0.39, 0.29) is 18.4 Å². The molecule has 6 nitrogen and oxygen atoms in total. The largest absolute Gasteiger partial charge is 0.465 e. The van der Waals surface area contributed by atoms with Gasteiger partial charge < -0.3 is 14.8 Å². The normalized spacial score (nSPS) is 13.7. The van der Waals surface area contributed by atoms with E-state index in [1.54, 1.807) is 6.92 Å². The fourth-order valence-electron chi connectivity index (χ4n) is 5.24. The van der Waals surface area contributed by atoms with Crippen LogP contribution in [0.4, 0.5) is 4.79 Å². The Bertz CT molecular complexity index is 1180. The van der Waals surface area contributed by atoms with Gasteiger partial charge in [-0.05, 0) is 54.2 Å². The van der Waals surface area contributed by atoms with E-state index >= 15 is 0 Å². The van der Waals surface area contributed by atoms with Gasteiger partial charge in [0, 0.05) is 30.0 Å². The smallest absolute Gasteiger partial charge is 0.408 e. The minimum atomic E-state index is -1.33. The Morgan fingerprint density at radius 3 is 2.39 bits per heavy atom. The standard InChI is InChI=1S/C31H41BrN2O4/c1-4-5-6-7-8-10-15-23(2)34(30(36)37)31(3,29(35)33-21-20-24-16-11-9-12-17-24)22-26-25-18-13-14-19-27(25)38-28(26)32/h9,11-14,16-19,23H,4-8,10,15,20-22H2,1-3H3,(H,33,35)(H,36,37). The molecule has 0 aliphatic heterocycles. The van der Waals surface area contributed by atoms with E-state index in [0.717, 1.165) is 35.8 Å². The number of nitrogens with zero attached hydrogens (tertiary/aromatic N) is 1. The van der Waals surface area contributed by atoms with Gasteiger partial charge in [0.15, 0.2) is 4.67 Å². The molecule has 0 bridgehead atoms. The van der Waals surface area contributed by atoms with Gasteiger partial charge in [-0.25, -0.2) is 4.79 Å². The molecular formula is C31H41BrN2O4. The molecule has 2 N–H and O–H groups in total. The van der Waals surface area contributed by atoms with Crippen molar-refractivity contribution in [3.8, 4) is 0 Å². The molecule has 0 saturated heterocycles. The third-order valence-electron chi connectivity index (χ3n) is 7.36. The lowest BCUT2D eigenvalue weighted by Gasteiger charge is -2.42. The van der Waals surface area contributed by atoms with Crippen LogP contribution in [0.1, 0.15) is 76.8 Å². The summed E-state index contributed by atoms with van der Waals surface area (Å²) in [5.74, 6) is -0.303. The molecule has 7 heteroatoms. The number of furan rings is 1. The number of carboxylic acid groups (broad SMARTS) is 1. The summed E-state index contributed by atoms with van der Waals surface area (Å²) in [7, 11) is 0. The van der Waals surface area contributed by atoms with Crippen molar-refractivity contribution in [3.63, 3.8) is 0 Å². The highest BCUT2D eigenvalue weighted by atomic mass is 79.9. The van der Waals surface area contributed by atoms with Crippen LogP contribution in [-0.2, 0) is 17.6 Å². The van der Waals surface area contributed by atoms with Crippen molar-refractivity contribution < 1.29 is 19.1 Å². The van der Waals surface area contributed by atoms with Gasteiger partial charge >= 0.3 is 6.09 Å². The van der Waals surface area contributed by atoms with Gasteiger partial charge in [0.05, 0.1) is 0 Å². The molecule has 0 radical (unpaired) electrons. The lowest BCUT2D eigenvalue weighted by atomic mass is 9.87. The van der Waals surface area contributed by atoms with Crippen LogP contribution < -0.4 is 5.32 Å². The Hall–Kier alpha value is -2.80. The molecule has 0 spiro atoms. The SMILES string of the molecule is CCCCCCCCC(C)N(C(=O)O)C(C)(Cc1c(Br)oc2ccccc12)C(=O)NCCc1ccccc1. The Morgan fingerprint density at radius 1 is 1.03 bits per heavy atom. The molecule has 0 fully saturated rings. The van der Waals surface area contributed by atoms with Gasteiger partial charge in [0.25, 0.3) is 0 Å². The number of rotatable bonds is 15. The summed E-state index contributed by atoms with van der Waals surface area (Å²) in [5, 5.41) is 14.3. The van der Waals surface area contributed by atoms with Crippen LogP contribution in [-0.4, -0.2) is 40.1 Å². The van der Waals surface area contributed by atoms with Crippen molar-refractivity contribution in [1.82, 2.24) is 10.2 Å². The summed E-state index contributed by atoms with van der Waals surface area (Å²) in [4.78, 5) is 28.0. The number of hydrogen-bond donors (Lipinski definition) is 2. The fraction of sp³-hybridized carbons (Fsp3) is 0.484. The molecule has 3 aromatic rings. The van der Waals surface area contributed by atoms with Crippen molar-refractivity contribution in [2.24, 2.45) is 0 Å². The second kappa shape index (κ2) is 14.4. The molecule has 0 saturated carbocycles. The summed E-state index contributed by atoms with van der Waals surface area (Å²) in [6, 6.07) is 17.2. The Labute approximate surface area is 234 Å². The first kappa shape index (κ1) is 29.8. The number of para-hydroxylation sites is 1. The Balaban J connectivity index is 1.85. The van der Waals surface area contributed by atoms with Crippen molar-refractivity contribution in [3.05, 3.63) is 70.4 Å². The van der Waals surface area contributed by atoms with Crippen LogP contribution >= 0.6 is 15.9 Å². The number of amides is 2. The van der Waals surface area contributed by atoms with Gasteiger partial charge in [-0.15, -0.1) is 0 Å². The van der Waals surface area contributed by atoms with E-state index < -0.39 is 11.6 Å². The molecule has 1 heterocycles. The van der Waals surface area contributed by atoms with Crippen LogP contribution in [0.5, 0.6) is 0 Å². The highest BCUT2D eigenvalue weighted by Gasteiger charge is 2.45. The average molecular weight is 586 g/mol. The number of nitrogens with one attached hydrogen (secondary N) is 1. The van der Waals surface area contributed by atoms with Crippen LogP contribution in [0, 0.1) is 0 Å². The first-order valence-corrected chi connectivity index (χ1v) is 14.6. The van der Waals surface area contributed by atoms with E-state index in [0.29, 0.717) is 29.6 Å². The van der Waals surface area contributed by atoms with Crippen molar-refractivity contribution in [2.75, 3.05) is 6.54 Å². The third kappa shape index (κ3) is 7.62. The number of hydrogen-bond acceptors (Lipinski definition) is 3. The summed E-state index contributed by atoms with van der Waals surface area (Å²) in [6.07, 6.45) is 7.25. The lowest BCUT2D eigenvalue weighted by Crippen LogP contribution is -2.62. The molecule has 3 rings (SSSR count). The summed E-state index contributed by atoms with van der Waals surface area (Å²) in [5.41, 5.74) is 1.27. The molecule has 206 valence electrons. The Morgan fingerprint density at radius 2 is 1.68 bits per heavy atom. The fourth-order valence-corrected chi connectivity index (χ4v) is 5.77. The maximum Gasteiger partial charge on any atom is 0.408 e. The molecule has 0 aliphatic rings. The monoisotopic (exact) mass is 584 g/mol. The minimum absolute atomic E-state index is 0.189. The number of carbonyl (C=O) groups excluding carboxylic acids is 1. The minimum Gasteiger partial charge on any atom is -0.465 e. The van der Waals surface area contributed by atoms with Crippen LogP contribution in [0.3, 0.4) is 0 Å². The van der Waals surface area contributed by atoms with E-state index in [1.165, 1.54) is 24.2 Å². The maximum atomic E-state index is 13.9. The van der Waals surface area contributed by atoms with E-state index in [9.17, 15) is 14.7 Å². The number of fused-ring (bicyclic) bond motifs is 1. The molecule has 38 heavy (non-hydrogen) atoms. The van der Waals surface area contributed by atoms with E-state index in [4.69, 9.17) is 4.42 Å². The molecule has 0 aliphatic carbocycles. The quantitative estimate of drug-likeness (QED) is 0.177. The van der Waals surface area contributed by atoms with E-state index in [1.807, 2.05) is 61.5 Å². The zero-order valence-electron chi connectivity index (χ0n) is 22.8. The van der Waals surface area contributed by atoms with Crippen molar-refractivity contribution in [1.29, 1.82) is 0 Å². The number of unbranched alkanes of at least 4 members (excludes halogenated alkanes) is 5. The summed E-state index contributed by atoms with van der Waals surface area (Å²) < 4.78 is 6.42. The van der Waals surface area contributed by atoms with Gasteiger partial charge in [-0.1, -0.05) is 94.0 Å². The van der Waals surface area contributed by atoms with Gasteiger partial charge in [-0.2, -0.15) is 0 Å². The predicted octanol–water partition coefficient (Wildman–Crippen LogP) is 7.97. The van der Waals surface area contributed by atoms with Crippen LogP contribution in [0.25, 0.3) is 11.0 Å². The zero-order chi connectivity index (χ0) is 27.5.